The fraction of sp³-hybridized carbons (Fsp3) is 0.368. The number of ether oxygens (including phenoxy) is 1. The fourth-order valence-corrected chi connectivity index (χ4v) is 2.81. The summed E-state index contributed by atoms with van der Waals surface area (Å²) < 4.78 is 10.5. The SMILES string of the molecule is COCCNCC(=O)N1N=C(c2ccc(C)cc2)C[C@@H]1c1ccco1. The van der Waals surface area contributed by atoms with Gasteiger partial charge in [0.25, 0.3) is 5.91 Å². The van der Waals surface area contributed by atoms with Crippen molar-refractivity contribution in [2.45, 2.75) is 19.4 Å². The number of rotatable bonds is 7. The van der Waals surface area contributed by atoms with Gasteiger partial charge < -0.3 is 14.5 Å². The molecule has 1 aromatic carbocycles. The summed E-state index contributed by atoms with van der Waals surface area (Å²) in [5.74, 6) is 0.663. The molecule has 0 saturated heterocycles. The van der Waals surface area contributed by atoms with E-state index < -0.39 is 0 Å². The zero-order valence-electron chi connectivity index (χ0n) is 14.6. The van der Waals surface area contributed by atoms with Gasteiger partial charge in [-0.2, -0.15) is 5.10 Å². The third-order valence-electron chi connectivity index (χ3n) is 4.18. The van der Waals surface area contributed by atoms with Crippen molar-refractivity contribution < 1.29 is 13.9 Å². The molecule has 1 amide bonds. The molecular formula is C19H23N3O3. The molecule has 3 rings (SSSR count). The van der Waals surface area contributed by atoms with Gasteiger partial charge in [0.15, 0.2) is 0 Å². The van der Waals surface area contributed by atoms with Gasteiger partial charge in [-0.05, 0) is 24.6 Å². The Morgan fingerprint density at radius 3 is 2.84 bits per heavy atom. The summed E-state index contributed by atoms with van der Waals surface area (Å²) in [5, 5.41) is 9.20. The lowest BCUT2D eigenvalue weighted by Crippen LogP contribution is -2.36. The van der Waals surface area contributed by atoms with E-state index in [0.717, 1.165) is 17.0 Å². The molecule has 132 valence electrons. The van der Waals surface area contributed by atoms with Gasteiger partial charge in [-0.1, -0.05) is 29.8 Å². The van der Waals surface area contributed by atoms with Crippen molar-refractivity contribution in [3.8, 4) is 0 Å². The number of hydrazone groups is 1. The Labute approximate surface area is 147 Å². The molecule has 0 fully saturated rings. The fourth-order valence-electron chi connectivity index (χ4n) is 2.81. The second-order valence-corrected chi connectivity index (χ2v) is 6.06. The molecular weight excluding hydrogens is 318 g/mol. The summed E-state index contributed by atoms with van der Waals surface area (Å²) in [7, 11) is 1.63. The molecule has 0 spiro atoms. The summed E-state index contributed by atoms with van der Waals surface area (Å²) in [6.07, 6.45) is 2.26. The number of nitrogens with one attached hydrogen (secondary N) is 1. The van der Waals surface area contributed by atoms with E-state index in [2.05, 4.69) is 22.6 Å². The summed E-state index contributed by atoms with van der Waals surface area (Å²) in [5.41, 5.74) is 3.12. The zero-order valence-corrected chi connectivity index (χ0v) is 14.6. The molecule has 1 aliphatic heterocycles. The van der Waals surface area contributed by atoms with E-state index in [0.29, 0.717) is 19.6 Å². The number of hydrogen-bond donors (Lipinski definition) is 1. The third-order valence-corrected chi connectivity index (χ3v) is 4.18. The topological polar surface area (TPSA) is 67.1 Å². The second-order valence-electron chi connectivity index (χ2n) is 6.06. The van der Waals surface area contributed by atoms with Crippen molar-refractivity contribution in [1.82, 2.24) is 10.3 Å². The molecule has 0 unspecified atom stereocenters. The molecule has 0 aliphatic carbocycles. The second kappa shape index (κ2) is 8.09. The van der Waals surface area contributed by atoms with E-state index in [4.69, 9.17) is 9.15 Å². The van der Waals surface area contributed by atoms with Crippen molar-refractivity contribution in [3.05, 3.63) is 59.5 Å². The van der Waals surface area contributed by atoms with Crippen LogP contribution in [-0.2, 0) is 9.53 Å². The van der Waals surface area contributed by atoms with Crippen LogP contribution in [0.25, 0.3) is 0 Å². The Balaban J connectivity index is 1.77. The summed E-state index contributed by atoms with van der Waals surface area (Å²) in [4.78, 5) is 12.6. The largest absolute Gasteiger partial charge is 0.467 e. The van der Waals surface area contributed by atoms with Crippen LogP contribution in [0.15, 0.2) is 52.2 Å². The standard InChI is InChI=1S/C19H23N3O3/c1-14-5-7-15(8-6-14)16-12-17(18-4-3-10-25-18)22(21-16)19(23)13-20-9-11-24-2/h3-8,10,17,20H,9,11-13H2,1-2H3/t17-/m1/s1. The predicted octanol–water partition coefficient (Wildman–Crippen LogP) is 2.50. The van der Waals surface area contributed by atoms with Crippen LogP contribution < -0.4 is 5.32 Å². The van der Waals surface area contributed by atoms with Gasteiger partial charge in [0.05, 0.1) is 25.1 Å². The normalized spacial score (nSPS) is 17.0. The quantitative estimate of drug-likeness (QED) is 0.786. The van der Waals surface area contributed by atoms with E-state index in [-0.39, 0.29) is 18.5 Å². The van der Waals surface area contributed by atoms with E-state index in [1.165, 1.54) is 10.6 Å². The van der Waals surface area contributed by atoms with Crippen molar-refractivity contribution >= 4 is 11.6 Å². The molecule has 0 bridgehead atoms. The number of furan rings is 1. The highest BCUT2D eigenvalue weighted by Gasteiger charge is 2.34. The Morgan fingerprint density at radius 1 is 1.36 bits per heavy atom. The maximum Gasteiger partial charge on any atom is 0.257 e. The molecule has 1 atom stereocenters. The zero-order chi connectivity index (χ0) is 17.6. The van der Waals surface area contributed by atoms with E-state index in [9.17, 15) is 4.79 Å². The minimum absolute atomic E-state index is 0.0837. The van der Waals surface area contributed by atoms with Gasteiger partial charge >= 0.3 is 0 Å². The van der Waals surface area contributed by atoms with Crippen molar-refractivity contribution in [2.75, 3.05) is 26.8 Å². The monoisotopic (exact) mass is 341 g/mol. The van der Waals surface area contributed by atoms with Crippen molar-refractivity contribution in [2.24, 2.45) is 5.10 Å². The Kier molecular flexibility index (Phi) is 5.63. The molecule has 0 radical (unpaired) electrons. The minimum atomic E-state index is -0.206. The lowest BCUT2D eigenvalue weighted by atomic mass is 10.0. The van der Waals surface area contributed by atoms with Crippen molar-refractivity contribution in [1.29, 1.82) is 0 Å². The number of hydrogen-bond acceptors (Lipinski definition) is 5. The first-order valence-corrected chi connectivity index (χ1v) is 8.38. The number of aryl methyl sites for hydroxylation is 1. The van der Waals surface area contributed by atoms with E-state index in [1.54, 1.807) is 13.4 Å². The van der Waals surface area contributed by atoms with Crippen LogP contribution in [0.3, 0.4) is 0 Å². The molecule has 1 N–H and O–H groups in total. The van der Waals surface area contributed by atoms with Crippen molar-refractivity contribution in [3.63, 3.8) is 0 Å². The Bertz CT molecular complexity index is 723. The molecule has 2 heterocycles. The summed E-state index contributed by atoms with van der Waals surface area (Å²) in [6, 6.07) is 11.7. The first-order valence-electron chi connectivity index (χ1n) is 8.38. The molecule has 2 aromatic rings. The first-order chi connectivity index (χ1) is 12.2. The molecule has 25 heavy (non-hydrogen) atoms. The summed E-state index contributed by atoms with van der Waals surface area (Å²) >= 11 is 0. The lowest BCUT2D eigenvalue weighted by molar-refractivity contribution is -0.132. The molecule has 1 aliphatic rings. The van der Waals surface area contributed by atoms with Gasteiger partial charge in [0.2, 0.25) is 0 Å². The van der Waals surface area contributed by atoms with Gasteiger partial charge in [0, 0.05) is 20.1 Å². The van der Waals surface area contributed by atoms with Gasteiger partial charge in [-0.25, -0.2) is 5.01 Å². The first kappa shape index (κ1) is 17.4. The van der Waals surface area contributed by atoms with Gasteiger partial charge in [-0.3, -0.25) is 4.79 Å². The van der Waals surface area contributed by atoms with Crippen LogP contribution in [-0.4, -0.2) is 43.4 Å². The Hall–Kier alpha value is -2.44. The average molecular weight is 341 g/mol. The number of methoxy groups -OCH3 is 1. The Morgan fingerprint density at radius 2 is 2.16 bits per heavy atom. The molecule has 6 nitrogen and oxygen atoms in total. The number of nitrogens with zero attached hydrogens (tertiary/aromatic N) is 2. The minimum Gasteiger partial charge on any atom is -0.467 e. The van der Waals surface area contributed by atoms with Crippen LogP contribution in [0.1, 0.15) is 29.3 Å². The maximum atomic E-state index is 12.6. The lowest BCUT2D eigenvalue weighted by Gasteiger charge is -2.20. The van der Waals surface area contributed by atoms with Gasteiger partial charge in [0.1, 0.15) is 11.8 Å². The van der Waals surface area contributed by atoms with Crippen LogP contribution in [0.4, 0.5) is 0 Å². The number of amides is 1. The van der Waals surface area contributed by atoms with Crippen LogP contribution >= 0.6 is 0 Å². The maximum absolute atomic E-state index is 12.6. The number of benzene rings is 1. The predicted molar refractivity (Wildman–Crippen MR) is 95.4 cm³/mol. The number of carbonyl (C=O) groups excluding carboxylic acids is 1. The average Bonchev–Trinajstić information content (AvgIpc) is 3.28. The van der Waals surface area contributed by atoms with Crippen LogP contribution in [0.2, 0.25) is 0 Å². The smallest absolute Gasteiger partial charge is 0.257 e. The van der Waals surface area contributed by atoms with Crippen LogP contribution in [0.5, 0.6) is 0 Å². The molecule has 0 saturated carbocycles. The highest BCUT2D eigenvalue weighted by Crippen LogP contribution is 2.32. The highest BCUT2D eigenvalue weighted by atomic mass is 16.5. The number of carbonyl (C=O) groups is 1. The van der Waals surface area contributed by atoms with Crippen LogP contribution in [0, 0.1) is 6.92 Å². The molecule has 6 heteroatoms. The van der Waals surface area contributed by atoms with E-state index >= 15 is 0 Å². The summed E-state index contributed by atoms with van der Waals surface area (Å²) in [6.45, 7) is 3.45. The molecule has 1 aromatic heterocycles. The van der Waals surface area contributed by atoms with E-state index in [1.807, 2.05) is 31.2 Å². The van der Waals surface area contributed by atoms with Gasteiger partial charge in [-0.15, -0.1) is 0 Å². The third kappa shape index (κ3) is 4.15. The highest BCUT2D eigenvalue weighted by molar-refractivity contribution is 6.03.